The largest absolute Gasteiger partial charge is 0.741 e. The van der Waals surface area contributed by atoms with Crippen molar-refractivity contribution in [1.29, 1.82) is 0 Å². The fourth-order valence-electron chi connectivity index (χ4n) is 7.84. The normalized spacial score (nSPS) is 20.2. The number of Topliss-reactive ketones (excluding diaryl/α,β-unsaturated/α-hetero) is 2. The van der Waals surface area contributed by atoms with Gasteiger partial charge in [0, 0.05) is 23.8 Å². The highest BCUT2D eigenvalue weighted by Gasteiger charge is 2.44. The predicted octanol–water partition coefficient (Wildman–Crippen LogP) is 13.1. The second-order valence-electron chi connectivity index (χ2n) is 18.5. The molecule has 68 heavy (non-hydrogen) atoms. The van der Waals surface area contributed by atoms with Gasteiger partial charge in [-0.15, -0.1) is 0 Å². The maximum atomic E-state index is 13.6. The first-order chi connectivity index (χ1) is 31.4. The Morgan fingerprint density at radius 1 is 0.765 bits per heavy atom. The van der Waals surface area contributed by atoms with Gasteiger partial charge >= 0.3 is 5.51 Å². The number of alkyl halides is 3. The monoisotopic (exact) mass is 994 g/mol. The van der Waals surface area contributed by atoms with E-state index >= 15 is 0 Å². The number of carbonyl (C=O) groups is 2. The lowest BCUT2D eigenvalue weighted by atomic mass is 9.70. The Kier molecular flexibility index (Phi) is 19.9. The van der Waals surface area contributed by atoms with Crippen LogP contribution in [0.4, 0.5) is 24.5 Å². The Labute approximate surface area is 410 Å². The van der Waals surface area contributed by atoms with Crippen LogP contribution in [0, 0.1) is 24.7 Å². The number of anilines is 2. The number of halogens is 5. The van der Waals surface area contributed by atoms with E-state index in [1.54, 1.807) is 6.20 Å². The highest BCUT2D eigenvalue weighted by atomic mass is 35.5. The first-order valence-electron chi connectivity index (χ1n) is 21.8. The number of ketones is 2. The van der Waals surface area contributed by atoms with E-state index in [1.807, 2.05) is 74.9 Å². The number of nitrogens with zero attached hydrogens (tertiary/aromatic N) is 2. The molecule has 0 aliphatic heterocycles. The minimum Gasteiger partial charge on any atom is -0.741 e. The van der Waals surface area contributed by atoms with E-state index in [4.69, 9.17) is 41.9 Å². The smallest absolute Gasteiger partial charge is 0.485 e. The molecule has 4 rings (SSSR count). The summed E-state index contributed by atoms with van der Waals surface area (Å²) >= 11 is 12.9. The minimum absolute atomic E-state index is 0.0672. The topological polar surface area (TPSA) is 146 Å². The highest BCUT2D eigenvalue weighted by Crippen LogP contribution is 2.44. The summed E-state index contributed by atoms with van der Waals surface area (Å²) in [6.07, 6.45) is 33.8. The van der Waals surface area contributed by atoms with Crippen molar-refractivity contribution in [1.82, 2.24) is 4.98 Å². The molecule has 2 unspecified atom stereocenters. The maximum Gasteiger partial charge on any atom is 0.485 e. The number of nitrogens with one attached hydrogen (secondary N) is 1. The van der Waals surface area contributed by atoms with E-state index < -0.39 is 21.7 Å². The molecule has 3 N–H and O–H groups in total. The Morgan fingerprint density at radius 2 is 1.21 bits per heavy atom. The molecule has 2 aliphatic rings. The number of rotatable bonds is 13. The second-order valence-corrected chi connectivity index (χ2v) is 20.6. The molecule has 366 valence electrons. The van der Waals surface area contributed by atoms with Gasteiger partial charge in [0.05, 0.1) is 11.7 Å². The number of pyridine rings is 2. The van der Waals surface area contributed by atoms with E-state index in [-0.39, 0.29) is 28.4 Å². The van der Waals surface area contributed by atoms with Gasteiger partial charge in [0.25, 0.3) is 5.15 Å². The van der Waals surface area contributed by atoms with Gasteiger partial charge < -0.3 is 15.6 Å². The molecule has 2 aromatic rings. The van der Waals surface area contributed by atoms with Crippen LogP contribution in [0.2, 0.25) is 10.3 Å². The number of carbonyl (C=O) groups excluding carboxylic acids is 2. The van der Waals surface area contributed by atoms with Crippen LogP contribution >= 0.6 is 23.2 Å². The number of aryl methyl sites for hydroxylation is 2. The van der Waals surface area contributed by atoms with E-state index in [2.05, 4.69) is 126 Å². The van der Waals surface area contributed by atoms with Gasteiger partial charge in [-0.2, -0.15) is 17.7 Å². The summed E-state index contributed by atoms with van der Waals surface area (Å²) in [7, 11) is -6.09. The first-order valence-corrected chi connectivity index (χ1v) is 24.0. The number of hydrogen-bond acceptors (Lipinski definition) is 8. The van der Waals surface area contributed by atoms with Crippen molar-refractivity contribution in [3.63, 3.8) is 0 Å². The van der Waals surface area contributed by atoms with Crippen LogP contribution < -0.4 is 15.6 Å². The number of nitrogens with two attached hydrogens (primary N) is 1. The summed E-state index contributed by atoms with van der Waals surface area (Å²) in [4.78, 5) is 31.2. The van der Waals surface area contributed by atoms with Gasteiger partial charge in [0.15, 0.2) is 27.3 Å². The van der Waals surface area contributed by atoms with Crippen LogP contribution in [0.25, 0.3) is 0 Å². The molecule has 0 saturated heterocycles. The van der Waals surface area contributed by atoms with Crippen LogP contribution in [-0.2, 0) is 19.7 Å². The number of hydrogen-bond donors (Lipinski definition) is 2. The van der Waals surface area contributed by atoms with Gasteiger partial charge in [-0.3, -0.25) is 9.59 Å². The van der Waals surface area contributed by atoms with Crippen molar-refractivity contribution in [3.05, 3.63) is 176 Å². The Bertz CT molecular complexity index is 2730. The molecular formula is C53H63Cl2F3N4O5S. The van der Waals surface area contributed by atoms with Gasteiger partial charge in [-0.25, -0.2) is 13.4 Å². The summed E-state index contributed by atoms with van der Waals surface area (Å²) in [6, 6.07) is 2.99. The van der Waals surface area contributed by atoms with Crippen LogP contribution in [0.5, 0.6) is 0 Å². The lowest BCUT2D eigenvalue weighted by molar-refractivity contribution is -0.708. The summed E-state index contributed by atoms with van der Waals surface area (Å²) in [5.41, 5.74) is 11.2. The average Bonchev–Trinajstić information content (AvgIpc) is 3.21. The van der Waals surface area contributed by atoms with Crippen molar-refractivity contribution in [2.45, 2.75) is 114 Å². The molecule has 0 spiro atoms. The third kappa shape index (κ3) is 16.1. The van der Waals surface area contributed by atoms with Gasteiger partial charge in [0.1, 0.15) is 5.69 Å². The molecule has 0 radical (unpaired) electrons. The van der Waals surface area contributed by atoms with Crippen LogP contribution in [-0.4, -0.2) is 41.1 Å². The van der Waals surface area contributed by atoms with Crippen LogP contribution in [0.15, 0.2) is 154 Å². The summed E-state index contributed by atoms with van der Waals surface area (Å²) < 4.78 is 60.7. The van der Waals surface area contributed by atoms with E-state index in [0.29, 0.717) is 34.5 Å². The van der Waals surface area contributed by atoms with Crippen molar-refractivity contribution in [2.75, 3.05) is 11.1 Å². The molecule has 2 heterocycles. The Morgan fingerprint density at radius 3 is 1.69 bits per heavy atom. The fraction of sp³-hybridized carbons (Fsp3) is 0.358. The summed E-state index contributed by atoms with van der Waals surface area (Å²) in [5, 5.41) is 4.12. The molecule has 0 aromatic carbocycles. The molecule has 2 atom stereocenters. The zero-order valence-corrected chi connectivity index (χ0v) is 43.1. The van der Waals surface area contributed by atoms with Gasteiger partial charge in [0.2, 0.25) is 11.8 Å². The van der Waals surface area contributed by atoms with Crippen LogP contribution in [0.3, 0.4) is 0 Å². The zero-order chi connectivity index (χ0) is 51.5. The molecule has 15 heteroatoms. The van der Waals surface area contributed by atoms with E-state index in [9.17, 15) is 22.8 Å². The fourth-order valence-corrected chi connectivity index (χ4v) is 8.22. The molecule has 0 amide bonds. The van der Waals surface area contributed by atoms with Crippen molar-refractivity contribution >= 4 is 56.3 Å². The SMILES string of the molecule is CC(C=CC=C(C)C=CC1=C(C)C(=O)C(Nc2cc(C)cnc2Cl)CC1(C)C)=CC=CC=C(C)C=CC=C(C)C=CC1=C(C)C(=O)C([n+]2cc(C)cc(N)c2Cl)CC1(C)C.O=S(=O)([O-])C(F)(F)F. The molecular weight excluding hydrogens is 933 g/mol. The maximum absolute atomic E-state index is 13.6. The predicted molar refractivity (Wildman–Crippen MR) is 270 cm³/mol. The summed E-state index contributed by atoms with van der Waals surface area (Å²) in [6.45, 7) is 24.7. The number of allylic oxidation sites excluding steroid dienone is 21. The van der Waals surface area contributed by atoms with Crippen LogP contribution in [0.1, 0.15) is 99.2 Å². The zero-order valence-electron chi connectivity index (χ0n) is 40.8. The molecule has 2 aromatic heterocycles. The molecule has 0 fully saturated rings. The average molecular weight is 996 g/mol. The summed E-state index contributed by atoms with van der Waals surface area (Å²) in [5.74, 6) is 0.148. The number of aromatic nitrogens is 2. The molecule has 0 saturated carbocycles. The van der Waals surface area contributed by atoms with Crippen molar-refractivity contribution in [3.8, 4) is 0 Å². The number of nitrogen functional groups attached to an aromatic ring is 1. The van der Waals surface area contributed by atoms with Gasteiger partial charge in [-0.05, 0) is 119 Å². The van der Waals surface area contributed by atoms with E-state index in [1.165, 1.54) is 0 Å². The quantitative estimate of drug-likeness (QED) is 0.0663. The minimum atomic E-state index is -6.09. The lowest BCUT2D eigenvalue weighted by Crippen LogP contribution is -2.50. The van der Waals surface area contributed by atoms with E-state index in [0.717, 1.165) is 55.7 Å². The first kappa shape index (κ1) is 57.0. The third-order valence-corrected chi connectivity index (χ3v) is 12.7. The lowest BCUT2D eigenvalue weighted by Gasteiger charge is -2.37. The van der Waals surface area contributed by atoms with Crippen molar-refractivity contribution < 1.29 is 40.3 Å². The molecule has 2 aliphatic carbocycles. The Balaban J connectivity index is 0.00000140. The standard InChI is InChI=1S/C52H63Cl2N4O2.CHF3O3S/c1-33(19-15-21-35(3)23-25-41-39(7)47(59)45(29-51(41,9)10)57-44-28-37(5)31-56-49(44)53)17-13-14-18-34(2)20-16-22-36(4)24-26-42-40(8)48(60)46(30-52(42,11)12)58-32-38(6)27-43(55)50(58)54;2-1(3,4)8(5,6)7/h13-28,31-32,45-46,57H,29-30,55H2,1-12H3;(H,5,6,7)/q+1;/p-1. The Hall–Kier alpha value is -5.34. The third-order valence-electron chi connectivity index (χ3n) is 11.4. The molecule has 9 nitrogen and oxygen atoms in total. The highest BCUT2D eigenvalue weighted by molar-refractivity contribution is 7.86. The molecule has 0 bridgehead atoms. The second kappa shape index (κ2) is 23.8. The van der Waals surface area contributed by atoms with Gasteiger partial charge in [-0.1, -0.05) is 147 Å². The van der Waals surface area contributed by atoms with Crippen molar-refractivity contribution in [2.24, 2.45) is 10.8 Å².